The van der Waals surface area contributed by atoms with Gasteiger partial charge in [0.2, 0.25) is 0 Å². The third-order valence-electron chi connectivity index (χ3n) is 2.91. The van der Waals surface area contributed by atoms with Gasteiger partial charge in [0, 0.05) is 11.6 Å². The fourth-order valence-corrected chi connectivity index (χ4v) is 2.03. The predicted octanol–water partition coefficient (Wildman–Crippen LogP) is 3.80. The zero-order valence-corrected chi connectivity index (χ0v) is 11.9. The summed E-state index contributed by atoms with van der Waals surface area (Å²) in [5, 5.41) is 12.4. The van der Waals surface area contributed by atoms with Gasteiger partial charge in [0.15, 0.2) is 0 Å². The zero-order valence-electron chi connectivity index (χ0n) is 11.2. The van der Waals surface area contributed by atoms with Crippen LogP contribution in [0.15, 0.2) is 36.4 Å². The van der Waals surface area contributed by atoms with Gasteiger partial charge in [-0.3, -0.25) is 0 Å². The van der Waals surface area contributed by atoms with Gasteiger partial charge in [-0.25, -0.2) is 9.18 Å². The van der Waals surface area contributed by atoms with Crippen molar-refractivity contribution in [2.75, 3.05) is 12.4 Å². The number of carboxylic acid groups (broad SMARTS) is 1. The second kappa shape index (κ2) is 6.45. The molecule has 2 rings (SSSR count). The van der Waals surface area contributed by atoms with Gasteiger partial charge in [-0.05, 0) is 35.9 Å². The molecule has 0 aliphatic carbocycles. The van der Waals surface area contributed by atoms with Crippen molar-refractivity contribution in [3.05, 3.63) is 58.4 Å². The summed E-state index contributed by atoms with van der Waals surface area (Å²) in [6.07, 6.45) is 0. The number of anilines is 1. The van der Waals surface area contributed by atoms with E-state index in [1.807, 2.05) is 0 Å². The number of rotatable bonds is 5. The second-order valence-corrected chi connectivity index (χ2v) is 4.75. The number of aromatic carboxylic acids is 1. The van der Waals surface area contributed by atoms with E-state index in [1.165, 1.54) is 19.2 Å². The summed E-state index contributed by atoms with van der Waals surface area (Å²) in [5.41, 5.74) is 0.936. The third kappa shape index (κ3) is 3.64. The molecule has 0 amide bonds. The van der Waals surface area contributed by atoms with Crippen molar-refractivity contribution in [3.8, 4) is 5.75 Å². The van der Waals surface area contributed by atoms with E-state index in [2.05, 4.69) is 5.32 Å². The molecule has 0 spiro atoms. The minimum Gasteiger partial charge on any atom is -0.495 e. The maximum atomic E-state index is 13.6. The molecule has 0 fully saturated rings. The molecule has 0 aliphatic heterocycles. The van der Waals surface area contributed by atoms with Crippen molar-refractivity contribution in [1.29, 1.82) is 0 Å². The van der Waals surface area contributed by atoms with Crippen molar-refractivity contribution < 1.29 is 19.0 Å². The maximum absolute atomic E-state index is 13.6. The summed E-state index contributed by atoms with van der Waals surface area (Å²) in [6, 6.07) is 9.10. The number of carboxylic acids is 1. The van der Waals surface area contributed by atoms with Crippen LogP contribution in [0, 0.1) is 5.82 Å². The van der Waals surface area contributed by atoms with Crippen molar-refractivity contribution in [3.63, 3.8) is 0 Å². The number of methoxy groups -OCH3 is 1. The van der Waals surface area contributed by atoms with Gasteiger partial charge in [0.05, 0.1) is 18.4 Å². The summed E-state index contributed by atoms with van der Waals surface area (Å²) in [5.74, 6) is -1.44. The van der Waals surface area contributed by atoms with E-state index in [4.69, 9.17) is 21.4 Å². The Labute approximate surface area is 126 Å². The van der Waals surface area contributed by atoms with E-state index < -0.39 is 11.8 Å². The Morgan fingerprint density at radius 1 is 1.33 bits per heavy atom. The highest BCUT2D eigenvalue weighted by Gasteiger charge is 2.10. The van der Waals surface area contributed by atoms with Crippen LogP contribution < -0.4 is 10.1 Å². The quantitative estimate of drug-likeness (QED) is 0.882. The first-order valence-electron chi connectivity index (χ1n) is 6.10. The Bertz CT molecular complexity index is 676. The first-order chi connectivity index (χ1) is 10.0. The summed E-state index contributed by atoms with van der Waals surface area (Å²) in [6.45, 7) is 0.313. The Balaban J connectivity index is 2.15. The zero-order chi connectivity index (χ0) is 15.4. The highest BCUT2D eigenvalue weighted by Crippen LogP contribution is 2.28. The number of hydrogen-bond donors (Lipinski definition) is 2. The van der Waals surface area contributed by atoms with E-state index in [0.29, 0.717) is 28.6 Å². The van der Waals surface area contributed by atoms with E-state index in [0.717, 1.165) is 0 Å². The number of halogens is 2. The van der Waals surface area contributed by atoms with Crippen LogP contribution in [0.4, 0.5) is 10.1 Å². The van der Waals surface area contributed by atoms with Crippen LogP contribution in [0.2, 0.25) is 5.02 Å². The minimum absolute atomic E-state index is 0.313. The fourth-order valence-electron chi connectivity index (χ4n) is 1.86. The van der Waals surface area contributed by atoms with Gasteiger partial charge >= 0.3 is 5.97 Å². The van der Waals surface area contributed by atoms with Crippen molar-refractivity contribution in [1.82, 2.24) is 0 Å². The first-order valence-corrected chi connectivity index (χ1v) is 6.48. The summed E-state index contributed by atoms with van der Waals surface area (Å²) < 4.78 is 18.8. The van der Waals surface area contributed by atoms with Gasteiger partial charge in [0.25, 0.3) is 0 Å². The summed E-state index contributed by atoms with van der Waals surface area (Å²) >= 11 is 5.92. The lowest BCUT2D eigenvalue weighted by atomic mass is 10.1. The second-order valence-electron chi connectivity index (χ2n) is 4.32. The van der Waals surface area contributed by atoms with Gasteiger partial charge < -0.3 is 15.2 Å². The van der Waals surface area contributed by atoms with E-state index in [-0.39, 0.29) is 5.56 Å². The Kier molecular flexibility index (Phi) is 4.65. The molecule has 0 unspecified atom stereocenters. The molecule has 2 aromatic carbocycles. The molecule has 4 nitrogen and oxygen atoms in total. The van der Waals surface area contributed by atoms with Crippen LogP contribution in [0.1, 0.15) is 15.9 Å². The molecule has 0 saturated heterocycles. The molecule has 0 atom stereocenters. The van der Waals surface area contributed by atoms with E-state index in [1.54, 1.807) is 24.3 Å². The molecule has 0 radical (unpaired) electrons. The molecule has 110 valence electrons. The molecule has 2 aromatic rings. The average molecular weight is 310 g/mol. The molecule has 0 bridgehead atoms. The van der Waals surface area contributed by atoms with Gasteiger partial charge in [0.1, 0.15) is 11.6 Å². The van der Waals surface area contributed by atoms with Gasteiger partial charge in [-0.1, -0.05) is 17.7 Å². The highest BCUT2D eigenvalue weighted by atomic mass is 35.5. The molecule has 0 heterocycles. The van der Waals surface area contributed by atoms with Crippen LogP contribution >= 0.6 is 11.6 Å². The monoisotopic (exact) mass is 309 g/mol. The molecule has 6 heteroatoms. The first kappa shape index (κ1) is 15.1. The van der Waals surface area contributed by atoms with E-state index in [9.17, 15) is 9.18 Å². The van der Waals surface area contributed by atoms with Crippen LogP contribution in [0.3, 0.4) is 0 Å². The minimum atomic E-state index is -1.29. The SMILES string of the molecule is COc1ccc(Cl)cc1NCc1ccc(C(=O)O)c(F)c1. The lowest BCUT2D eigenvalue weighted by Crippen LogP contribution is -2.05. The smallest absolute Gasteiger partial charge is 0.338 e. The molecule has 0 aliphatic rings. The summed E-state index contributed by atoms with van der Waals surface area (Å²) in [7, 11) is 1.54. The highest BCUT2D eigenvalue weighted by molar-refractivity contribution is 6.30. The lowest BCUT2D eigenvalue weighted by molar-refractivity contribution is 0.0692. The standard InChI is InChI=1S/C15H13ClFNO3/c1-21-14-5-3-10(16)7-13(14)18-8-9-2-4-11(15(19)20)12(17)6-9/h2-7,18H,8H2,1H3,(H,19,20). The van der Waals surface area contributed by atoms with Gasteiger partial charge in [-0.2, -0.15) is 0 Å². The molecule has 0 aromatic heterocycles. The molecule has 0 saturated carbocycles. The van der Waals surface area contributed by atoms with E-state index >= 15 is 0 Å². The molecule has 21 heavy (non-hydrogen) atoms. The third-order valence-corrected chi connectivity index (χ3v) is 3.14. The number of ether oxygens (including phenoxy) is 1. The van der Waals surface area contributed by atoms with Crippen LogP contribution in [0.5, 0.6) is 5.75 Å². The van der Waals surface area contributed by atoms with Crippen LogP contribution in [-0.4, -0.2) is 18.2 Å². The molecule has 2 N–H and O–H groups in total. The maximum Gasteiger partial charge on any atom is 0.338 e. The van der Waals surface area contributed by atoms with Crippen LogP contribution in [0.25, 0.3) is 0 Å². The lowest BCUT2D eigenvalue weighted by Gasteiger charge is -2.12. The normalized spacial score (nSPS) is 10.2. The number of nitrogens with one attached hydrogen (secondary N) is 1. The Morgan fingerprint density at radius 3 is 2.71 bits per heavy atom. The Hall–Kier alpha value is -2.27. The van der Waals surface area contributed by atoms with Crippen molar-refractivity contribution >= 4 is 23.3 Å². The fraction of sp³-hybridized carbons (Fsp3) is 0.133. The van der Waals surface area contributed by atoms with Crippen molar-refractivity contribution in [2.24, 2.45) is 0 Å². The predicted molar refractivity (Wildman–Crippen MR) is 78.7 cm³/mol. The number of benzene rings is 2. The average Bonchev–Trinajstić information content (AvgIpc) is 2.45. The van der Waals surface area contributed by atoms with Crippen LogP contribution in [-0.2, 0) is 6.54 Å². The number of hydrogen-bond acceptors (Lipinski definition) is 3. The topological polar surface area (TPSA) is 58.6 Å². The number of carbonyl (C=O) groups is 1. The molecular formula is C15H13ClFNO3. The molecular weight excluding hydrogens is 297 g/mol. The summed E-state index contributed by atoms with van der Waals surface area (Å²) in [4.78, 5) is 10.7. The van der Waals surface area contributed by atoms with Gasteiger partial charge in [-0.15, -0.1) is 0 Å². The van der Waals surface area contributed by atoms with Crippen molar-refractivity contribution in [2.45, 2.75) is 6.54 Å². The Morgan fingerprint density at radius 2 is 2.10 bits per heavy atom. The largest absolute Gasteiger partial charge is 0.495 e.